The molecule has 4 rings (SSSR count). The van der Waals surface area contributed by atoms with Gasteiger partial charge < -0.3 is 30.1 Å². The molecule has 7 nitrogen and oxygen atoms in total. The van der Waals surface area contributed by atoms with Gasteiger partial charge in [0, 0.05) is 17.5 Å². The molecule has 7 heteroatoms. The minimum absolute atomic E-state index is 0.0454. The van der Waals surface area contributed by atoms with Gasteiger partial charge in [0.05, 0.1) is 12.2 Å². The molecular formula is C22H23NO6. The van der Waals surface area contributed by atoms with E-state index >= 15 is 0 Å². The molecule has 1 fully saturated rings. The summed E-state index contributed by atoms with van der Waals surface area (Å²) in [5, 5.41) is 41.9. The number of likely N-dealkylation sites (tertiary alicyclic amines) is 1. The van der Waals surface area contributed by atoms with Crippen LogP contribution in [0.3, 0.4) is 0 Å². The predicted octanol–water partition coefficient (Wildman–Crippen LogP) is 1.88. The van der Waals surface area contributed by atoms with Crippen molar-refractivity contribution in [2.24, 2.45) is 0 Å². The Morgan fingerprint density at radius 3 is 2.66 bits per heavy atom. The molecule has 2 aromatic carbocycles. The maximum Gasteiger partial charge on any atom is 0.210 e. The Balaban J connectivity index is 1.91. The lowest BCUT2D eigenvalue weighted by molar-refractivity contribution is -0.124. The number of aldehydes is 1. The van der Waals surface area contributed by atoms with Gasteiger partial charge in [0.15, 0.2) is 17.8 Å². The number of para-hydroxylation sites is 2. The van der Waals surface area contributed by atoms with Crippen molar-refractivity contribution < 1.29 is 30.0 Å². The number of fused-ring (bicyclic) bond motifs is 1. The quantitative estimate of drug-likeness (QED) is 0.583. The smallest absolute Gasteiger partial charge is 0.210 e. The molecular weight excluding hydrogens is 374 g/mol. The Kier molecular flexibility index (Phi) is 4.82. The molecule has 3 unspecified atom stereocenters. The number of ether oxygens (including phenoxy) is 1. The van der Waals surface area contributed by atoms with Gasteiger partial charge in [0.2, 0.25) is 5.60 Å². The van der Waals surface area contributed by atoms with Crippen molar-refractivity contribution in [3.63, 3.8) is 0 Å². The topological polar surface area (TPSA) is 110 Å². The maximum atomic E-state index is 11.9. The van der Waals surface area contributed by atoms with Gasteiger partial charge in [-0.1, -0.05) is 30.3 Å². The van der Waals surface area contributed by atoms with Crippen LogP contribution in [0.25, 0.3) is 5.76 Å². The lowest BCUT2D eigenvalue weighted by atomic mass is 9.83. The van der Waals surface area contributed by atoms with Crippen molar-refractivity contribution in [2.45, 2.75) is 24.0 Å². The first kappa shape index (κ1) is 19.4. The number of aromatic hydroxyl groups is 1. The van der Waals surface area contributed by atoms with Crippen molar-refractivity contribution in [1.82, 2.24) is 4.90 Å². The van der Waals surface area contributed by atoms with E-state index in [1.807, 2.05) is 13.1 Å². The molecule has 4 N–H and O–H groups in total. The fraction of sp³-hybridized carbons (Fsp3) is 0.318. The number of carbonyl (C=O) groups is 1. The second kappa shape index (κ2) is 7.18. The highest BCUT2D eigenvalue weighted by molar-refractivity contribution is 5.83. The highest BCUT2D eigenvalue weighted by Gasteiger charge is 2.46. The van der Waals surface area contributed by atoms with Crippen molar-refractivity contribution in [1.29, 1.82) is 0 Å². The Hall–Kier alpha value is -2.87. The summed E-state index contributed by atoms with van der Waals surface area (Å²) in [6.07, 6.45) is 1.03. The van der Waals surface area contributed by atoms with E-state index in [9.17, 15) is 25.2 Å². The first-order valence-electron chi connectivity index (χ1n) is 9.45. The monoisotopic (exact) mass is 397 g/mol. The van der Waals surface area contributed by atoms with Crippen LogP contribution in [0.5, 0.6) is 11.5 Å². The van der Waals surface area contributed by atoms with Gasteiger partial charge in [0.25, 0.3) is 0 Å². The van der Waals surface area contributed by atoms with E-state index in [2.05, 4.69) is 4.90 Å². The number of rotatable bonds is 4. The largest absolute Gasteiger partial charge is 0.507 e. The zero-order valence-corrected chi connectivity index (χ0v) is 15.9. The fourth-order valence-electron chi connectivity index (χ4n) is 4.32. The first-order chi connectivity index (χ1) is 13.9. The summed E-state index contributed by atoms with van der Waals surface area (Å²) in [5.41, 5.74) is -1.28. The molecule has 1 saturated heterocycles. The van der Waals surface area contributed by atoms with Gasteiger partial charge in [0.1, 0.15) is 11.5 Å². The highest BCUT2D eigenvalue weighted by atomic mass is 16.5. The number of carbonyl (C=O) groups excluding carboxylic acids is 1. The normalized spacial score (nSPS) is 26.9. The van der Waals surface area contributed by atoms with Gasteiger partial charge in [-0.15, -0.1) is 0 Å². The van der Waals surface area contributed by atoms with Crippen molar-refractivity contribution in [2.75, 3.05) is 20.2 Å². The van der Waals surface area contributed by atoms with E-state index in [4.69, 9.17) is 4.74 Å². The maximum absolute atomic E-state index is 11.9. The van der Waals surface area contributed by atoms with Crippen LogP contribution in [-0.2, 0) is 10.4 Å². The van der Waals surface area contributed by atoms with Gasteiger partial charge in [-0.05, 0) is 37.7 Å². The second-order valence-electron chi connectivity index (χ2n) is 7.53. The summed E-state index contributed by atoms with van der Waals surface area (Å²) in [7, 11) is 1.93. The molecule has 2 aliphatic heterocycles. The van der Waals surface area contributed by atoms with Crippen LogP contribution < -0.4 is 4.74 Å². The summed E-state index contributed by atoms with van der Waals surface area (Å²) in [4.78, 5) is 14.0. The molecule has 0 aromatic heterocycles. The molecule has 0 aliphatic carbocycles. The summed E-state index contributed by atoms with van der Waals surface area (Å²) in [6.45, 7) is 0.737. The van der Waals surface area contributed by atoms with E-state index in [0.29, 0.717) is 0 Å². The van der Waals surface area contributed by atoms with E-state index in [0.717, 1.165) is 18.5 Å². The summed E-state index contributed by atoms with van der Waals surface area (Å²) < 4.78 is 6.03. The lowest BCUT2D eigenvalue weighted by Gasteiger charge is -2.34. The standard InChI is InChI=1S/C22H23NO6/c1-23-10-9-13(17(23)11-24)14-6-4-7-16-19(14)29-20(21(27)22(16,28)12-25)15-5-2-3-8-18(15)26/h2-8,12-13,17,24,26-28H,9-11H2,1H3. The van der Waals surface area contributed by atoms with Gasteiger partial charge in [-0.2, -0.15) is 0 Å². The van der Waals surface area contributed by atoms with Crippen LogP contribution in [0, 0.1) is 0 Å². The SMILES string of the molecule is CN1CCC(c2cccc3c2OC(c2ccccc2O)=C(O)C3(O)C=O)C1CO. The van der Waals surface area contributed by atoms with Crippen LogP contribution in [0.4, 0.5) is 0 Å². The Morgan fingerprint density at radius 2 is 1.97 bits per heavy atom. The van der Waals surface area contributed by atoms with Gasteiger partial charge in [-0.3, -0.25) is 4.79 Å². The van der Waals surface area contributed by atoms with Crippen LogP contribution in [-0.4, -0.2) is 57.9 Å². The van der Waals surface area contributed by atoms with Crippen LogP contribution in [0.1, 0.15) is 29.0 Å². The van der Waals surface area contributed by atoms with Gasteiger partial charge in [-0.25, -0.2) is 0 Å². The zero-order chi connectivity index (χ0) is 20.8. The Labute approximate surface area is 168 Å². The average molecular weight is 397 g/mol. The third-order valence-electron chi connectivity index (χ3n) is 5.97. The minimum Gasteiger partial charge on any atom is -0.507 e. The molecule has 3 atom stereocenters. The Morgan fingerprint density at radius 1 is 1.21 bits per heavy atom. The van der Waals surface area contributed by atoms with E-state index in [1.165, 1.54) is 18.2 Å². The van der Waals surface area contributed by atoms with Gasteiger partial charge >= 0.3 is 0 Å². The lowest BCUT2D eigenvalue weighted by Crippen LogP contribution is -2.36. The predicted molar refractivity (Wildman–Crippen MR) is 106 cm³/mol. The number of phenolic OH excluding ortho intramolecular Hbond substituents is 1. The third kappa shape index (κ3) is 2.90. The highest BCUT2D eigenvalue weighted by Crippen LogP contribution is 2.49. The van der Waals surface area contributed by atoms with Crippen molar-refractivity contribution in [3.8, 4) is 11.5 Å². The number of aliphatic hydroxyl groups is 3. The zero-order valence-electron chi connectivity index (χ0n) is 15.9. The van der Waals surface area contributed by atoms with Crippen molar-refractivity contribution in [3.05, 3.63) is 64.9 Å². The first-order valence-corrected chi connectivity index (χ1v) is 9.45. The molecule has 29 heavy (non-hydrogen) atoms. The molecule has 2 aromatic rings. The minimum atomic E-state index is -2.31. The van der Waals surface area contributed by atoms with Crippen LogP contribution in [0.2, 0.25) is 0 Å². The number of phenols is 1. The third-order valence-corrected chi connectivity index (χ3v) is 5.97. The number of likely N-dealkylation sites (N-methyl/N-ethyl adjacent to an activating group) is 1. The number of aliphatic hydroxyl groups excluding tert-OH is 2. The molecule has 0 bridgehead atoms. The second-order valence-corrected chi connectivity index (χ2v) is 7.53. The van der Waals surface area contributed by atoms with E-state index in [-0.39, 0.29) is 53.2 Å². The summed E-state index contributed by atoms with van der Waals surface area (Å²) in [5.74, 6) is -0.832. The molecule has 2 aliphatic rings. The number of benzene rings is 2. The molecule has 2 heterocycles. The number of hydrogen-bond donors (Lipinski definition) is 4. The van der Waals surface area contributed by atoms with Crippen molar-refractivity contribution >= 4 is 12.0 Å². The Bertz CT molecular complexity index is 987. The fourth-order valence-corrected chi connectivity index (χ4v) is 4.32. The molecule has 0 saturated carbocycles. The molecule has 152 valence electrons. The average Bonchev–Trinajstić information content (AvgIpc) is 3.11. The van der Waals surface area contributed by atoms with E-state index in [1.54, 1.807) is 18.2 Å². The van der Waals surface area contributed by atoms with E-state index < -0.39 is 11.4 Å². The number of nitrogens with zero attached hydrogens (tertiary/aromatic N) is 1. The summed E-state index contributed by atoms with van der Waals surface area (Å²) in [6, 6.07) is 11.1. The summed E-state index contributed by atoms with van der Waals surface area (Å²) >= 11 is 0. The number of hydrogen-bond acceptors (Lipinski definition) is 7. The molecule has 0 spiro atoms. The van der Waals surface area contributed by atoms with Crippen LogP contribution >= 0.6 is 0 Å². The molecule has 0 amide bonds. The molecule has 0 radical (unpaired) electrons. The van der Waals surface area contributed by atoms with Crippen LogP contribution in [0.15, 0.2) is 48.2 Å².